The third kappa shape index (κ3) is 5.04. The first-order chi connectivity index (χ1) is 13.3. The van der Waals surface area contributed by atoms with E-state index < -0.39 is 6.04 Å². The SMILES string of the molecule is CNC(=O)NCC1Cc2cccnc2N1C(=O)[C@@H](NC(=O)[C@H](C)[As]C)C(C)C. The van der Waals surface area contributed by atoms with Gasteiger partial charge < -0.3 is 0 Å². The maximum absolute atomic E-state index is 13.5. The molecule has 3 N–H and O–H groups in total. The van der Waals surface area contributed by atoms with Gasteiger partial charge in [-0.3, -0.25) is 0 Å². The Bertz CT molecular complexity index is 727. The van der Waals surface area contributed by atoms with Crippen LogP contribution >= 0.6 is 0 Å². The van der Waals surface area contributed by atoms with E-state index in [4.69, 9.17) is 0 Å². The van der Waals surface area contributed by atoms with Crippen molar-refractivity contribution < 1.29 is 14.4 Å². The van der Waals surface area contributed by atoms with E-state index in [1.807, 2.05) is 38.6 Å². The van der Waals surface area contributed by atoms with Crippen molar-refractivity contribution in [1.82, 2.24) is 20.9 Å². The normalized spacial score (nSPS) is 18.1. The van der Waals surface area contributed by atoms with E-state index in [1.54, 1.807) is 18.1 Å². The first-order valence-corrected chi connectivity index (χ1v) is 12.4. The zero-order chi connectivity index (χ0) is 20.8. The number of aromatic nitrogens is 1. The first-order valence-electron chi connectivity index (χ1n) is 9.42. The summed E-state index contributed by atoms with van der Waals surface area (Å²) in [6.45, 7) is 6.03. The summed E-state index contributed by atoms with van der Waals surface area (Å²) in [5, 5.41) is 8.23. The second kappa shape index (κ2) is 9.91. The Kier molecular flexibility index (Phi) is 7.86. The number of urea groups is 1. The van der Waals surface area contributed by atoms with E-state index >= 15 is 0 Å². The Balaban J connectivity index is 2.27. The molecule has 2 rings (SSSR count). The van der Waals surface area contributed by atoms with Crippen molar-refractivity contribution in [2.45, 2.75) is 49.7 Å². The number of nitrogens with zero attached hydrogens (tertiary/aromatic N) is 2. The quantitative estimate of drug-likeness (QED) is 0.539. The van der Waals surface area contributed by atoms with Crippen molar-refractivity contribution in [1.29, 1.82) is 0 Å². The maximum atomic E-state index is 13.5. The molecule has 4 amide bonds. The summed E-state index contributed by atoms with van der Waals surface area (Å²) in [5.74, 6) is 0.252. The van der Waals surface area contributed by atoms with Crippen LogP contribution in [0, 0.1) is 5.92 Å². The van der Waals surface area contributed by atoms with Gasteiger partial charge in [-0.15, -0.1) is 0 Å². The topological polar surface area (TPSA) is 103 Å². The molecular weight excluding hydrogens is 421 g/mol. The molecule has 28 heavy (non-hydrogen) atoms. The van der Waals surface area contributed by atoms with Crippen LogP contribution in [0.25, 0.3) is 0 Å². The van der Waals surface area contributed by atoms with Crippen molar-refractivity contribution in [3.8, 4) is 0 Å². The van der Waals surface area contributed by atoms with Gasteiger partial charge in [-0.25, -0.2) is 0 Å². The van der Waals surface area contributed by atoms with Gasteiger partial charge >= 0.3 is 173 Å². The molecule has 9 heteroatoms. The Hall–Kier alpha value is -2.08. The number of hydrogen-bond donors (Lipinski definition) is 3. The van der Waals surface area contributed by atoms with Crippen molar-refractivity contribution >= 4 is 39.4 Å². The molecule has 0 spiro atoms. The van der Waals surface area contributed by atoms with Crippen LogP contribution in [0.5, 0.6) is 0 Å². The predicted molar refractivity (Wildman–Crippen MR) is 109 cm³/mol. The fourth-order valence-corrected chi connectivity index (χ4v) is 3.77. The number of fused-ring (bicyclic) bond motifs is 1. The molecule has 1 aliphatic heterocycles. The van der Waals surface area contributed by atoms with Crippen LogP contribution in [-0.2, 0) is 16.0 Å². The molecule has 1 aromatic heterocycles. The minimum absolute atomic E-state index is 0.0694. The summed E-state index contributed by atoms with van der Waals surface area (Å²) in [6, 6.07) is 2.59. The Morgan fingerprint density at radius 2 is 2.04 bits per heavy atom. The number of carbonyl (C=O) groups excluding carboxylic acids is 3. The van der Waals surface area contributed by atoms with Crippen LogP contribution in [0.2, 0.25) is 10.4 Å². The molecule has 0 fully saturated rings. The van der Waals surface area contributed by atoms with E-state index in [9.17, 15) is 14.4 Å². The number of nitrogens with one attached hydrogen (secondary N) is 3. The van der Waals surface area contributed by atoms with E-state index in [0.717, 1.165) is 5.56 Å². The van der Waals surface area contributed by atoms with Crippen LogP contribution in [0.15, 0.2) is 18.3 Å². The summed E-state index contributed by atoms with van der Waals surface area (Å²) in [7, 11) is 1.55. The van der Waals surface area contributed by atoms with Crippen molar-refractivity contribution in [3.63, 3.8) is 0 Å². The van der Waals surface area contributed by atoms with E-state index in [1.165, 1.54) is 0 Å². The summed E-state index contributed by atoms with van der Waals surface area (Å²) in [6.07, 6.45) is 2.26. The van der Waals surface area contributed by atoms with E-state index in [2.05, 4.69) is 20.9 Å². The summed E-state index contributed by atoms with van der Waals surface area (Å²) in [5.41, 5.74) is 2.99. The number of pyridine rings is 1. The van der Waals surface area contributed by atoms with Gasteiger partial charge in [0.25, 0.3) is 0 Å². The Labute approximate surface area is 172 Å². The molecule has 153 valence electrons. The standard InChI is InChI=1S/C19H29AsN5O3/c1-11(2)15(24-17(26)12(3)20-4)18(27)25-14(10-23-19(28)21-5)9-13-7-6-8-22-16(13)25/h6-8,11-12,14-15H,9-10H2,1-5H3,(H,24,26)(H2,21,23,28)/t12-,14?,15-/m0/s1. The fourth-order valence-electron chi connectivity index (χ4n) is 3.13. The van der Waals surface area contributed by atoms with Gasteiger partial charge in [-0.2, -0.15) is 0 Å². The fraction of sp³-hybridized carbons (Fsp3) is 0.579. The van der Waals surface area contributed by atoms with Crippen LogP contribution in [0.4, 0.5) is 10.6 Å². The molecule has 1 aliphatic rings. The van der Waals surface area contributed by atoms with Crippen molar-refractivity contribution in [2.75, 3.05) is 18.5 Å². The van der Waals surface area contributed by atoms with Gasteiger partial charge in [0.15, 0.2) is 0 Å². The molecule has 1 unspecified atom stereocenters. The molecule has 8 nitrogen and oxygen atoms in total. The van der Waals surface area contributed by atoms with Crippen molar-refractivity contribution in [3.05, 3.63) is 23.9 Å². The van der Waals surface area contributed by atoms with Crippen LogP contribution in [0.3, 0.4) is 0 Å². The zero-order valence-electron chi connectivity index (χ0n) is 17.0. The summed E-state index contributed by atoms with van der Waals surface area (Å²) in [4.78, 5) is 43.6. The molecular formula is C19H29AsN5O3. The first kappa shape index (κ1) is 22.2. The predicted octanol–water partition coefficient (Wildman–Crippen LogP) is 0.970. The molecule has 0 bridgehead atoms. The Morgan fingerprint density at radius 3 is 2.64 bits per heavy atom. The minimum atomic E-state index is -0.641. The van der Waals surface area contributed by atoms with E-state index in [0.29, 0.717) is 18.8 Å². The van der Waals surface area contributed by atoms with Gasteiger partial charge in [-0.1, -0.05) is 0 Å². The average molecular weight is 450 g/mol. The molecule has 3 atom stereocenters. The molecule has 1 radical (unpaired) electrons. The zero-order valence-corrected chi connectivity index (χ0v) is 18.9. The van der Waals surface area contributed by atoms with Crippen molar-refractivity contribution in [2.24, 2.45) is 5.92 Å². The van der Waals surface area contributed by atoms with Gasteiger partial charge in [-0.05, 0) is 0 Å². The van der Waals surface area contributed by atoms with Crippen LogP contribution in [-0.4, -0.2) is 64.3 Å². The van der Waals surface area contributed by atoms with Gasteiger partial charge in [0.05, 0.1) is 0 Å². The summed E-state index contributed by atoms with van der Waals surface area (Å²) >= 11 is -0.108. The number of anilines is 1. The third-order valence-electron chi connectivity index (χ3n) is 4.88. The van der Waals surface area contributed by atoms with Crippen LogP contribution < -0.4 is 20.9 Å². The second-order valence-electron chi connectivity index (χ2n) is 7.18. The average Bonchev–Trinajstić information content (AvgIpc) is 3.06. The number of rotatable bonds is 7. The Morgan fingerprint density at radius 1 is 1.32 bits per heavy atom. The van der Waals surface area contributed by atoms with Gasteiger partial charge in [0.2, 0.25) is 0 Å². The second-order valence-corrected chi connectivity index (χ2v) is 9.89. The monoisotopic (exact) mass is 450 g/mol. The number of carbonyl (C=O) groups is 3. The van der Waals surface area contributed by atoms with E-state index in [-0.39, 0.29) is 50.3 Å². The molecule has 0 aliphatic carbocycles. The molecule has 0 saturated heterocycles. The molecule has 2 heterocycles. The third-order valence-corrected chi connectivity index (χ3v) is 6.99. The van der Waals surface area contributed by atoms with Crippen LogP contribution in [0.1, 0.15) is 26.3 Å². The molecule has 0 saturated carbocycles. The molecule has 1 aromatic rings. The summed E-state index contributed by atoms with van der Waals surface area (Å²) < 4.78 is -0.0694. The van der Waals surface area contributed by atoms with Gasteiger partial charge in [0.1, 0.15) is 0 Å². The molecule has 0 aromatic carbocycles. The number of amides is 4. The van der Waals surface area contributed by atoms with Gasteiger partial charge in [0, 0.05) is 0 Å². The number of hydrogen-bond acceptors (Lipinski definition) is 4.